The maximum absolute atomic E-state index is 12.3. The van der Waals surface area contributed by atoms with Gasteiger partial charge in [-0.1, -0.05) is 34.9 Å². The fourth-order valence-corrected chi connectivity index (χ4v) is 5.61. The van der Waals surface area contributed by atoms with E-state index >= 15 is 0 Å². The molecule has 21 heavy (non-hydrogen) atoms. The van der Waals surface area contributed by atoms with Crippen molar-refractivity contribution < 1.29 is 9.53 Å². The number of hydrogen-bond acceptors (Lipinski definition) is 8. The highest BCUT2D eigenvalue weighted by Gasteiger charge is 2.43. The Morgan fingerprint density at radius 2 is 2.29 bits per heavy atom. The number of likely N-dealkylation sites (N-methyl/N-ethyl adjacent to an activating group) is 1. The average Bonchev–Trinajstić information content (AvgIpc) is 2.95. The molecule has 1 aliphatic rings. The Hall–Kier alpha value is -0.310. The number of rotatable bonds is 6. The molecule has 0 aromatic carbocycles. The molecular formula is C13H21N3O2S3. The molecule has 1 N–H and O–H groups in total. The smallest absolute Gasteiger partial charge is 0.326 e. The minimum absolute atomic E-state index is 0.125. The molecule has 118 valence electrons. The third kappa shape index (κ3) is 4.12. The van der Waals surface area contributed by atoms with E-state index in [1.54, 1.807) is 34.9 Å². The predicted octanol–water partition coefficient (Wildman–Crippen LogP) is 2.82. The average molecular weight is 348 g/mol. The third-order valence-corrected chi connectivity index (χ3v) is 6.93. The lowest BCUT2D eigenvalue weighted by molar-refractivity contribution is -0.152. The first-order valence-corrected chi connectivity index (χ1v) is 9.96. The zero-order chi connectivity index (χ0) is 15.3. The molecule has 1 aromatic heterocycles. The van der Waals surface area contributed by atoms with Crippen molar-refractivity contribution in [3.63, 3.8) is 0 Å². The number of nitrogens with one attached hydrogen (secondary N) is 1. The van der Waals surface area contributed by atoms with Crippen LogP contribution in [0.1, 0.15) is 32.6 Å². The summed E-state index contributed by atoms with van der Waals surface area (Å²) in [4.78, 5) is 12.3. The van der Waals surface area contributed by atoms with Gasteiger partial charge in [0.05, 0.1) is 6.61 Å². The maximum Gasteiger partial charge on any atom is 0.326 e. The number of nitrogens with zero attached hydrogens (tertiary/aromatic N) is 2. The lowest BCUT2D eigenvalue weighted by Gasteiger charge is -2.38. The SMILES string of the molecule is CCOC(=O)C1(NC)CCCC(Sc2nnc(SC)s2)C1. The molecule has 1 aliphatic carbocycles. The second-order valence-corrected chi connectivity index (χ2v) is 8.51. The van der Waals surface area contributed by atoms with Gasteiger partial charge in [-0.2, -0.15) is 0 Å². The Labute approximate surface area is 138 Å². The van der Waals surface area contributed by atoms with E-state index < -0.39 is 5.54 Å². The number of carbonyl (C=O) groups is 1. The predicted molar refractivity (Wildman–Crippen MR) is 88.2 cm³/mol. The van der Waals surface area contributed by atoms with Crippen LogP contribution in [0.15, 0.2) is 8.68 Å². The highest BCUT2D eigenvalue weighted by atomic mass is 32.2. The van der Waals surface area contributed by atoms with Crippen molar-refractivity contribution in [3.8, 4) is 0 Å². The van der Waals surface area contributed by atoms with Gasteiger partial charge in [-0.05, 0) is 45.9 Å². The number of hydrogen-bond donors (Lipinski definition) is 1. The van der Waals surface area contributed by atoms with Gasteiger partial charge in [0.1, 0.15) is 5.54 Å². The number of thioether (sulfide) groups is 2. The van der Waals surface area contributed by atoms with Crippen LogP contribution in [0.3, 0.4) is 0 Å². The van der Waals surface area contributed by atoms with Gasteiger partial charge in [-0.3, -0.25) is 4.79 Å². The fraction of sp³-hybridized carbons (Fsp3) is 0.769. The Bertz CT molecular complexity index is 483. The summed E-state index contributed by atoms with van der Waals surface area (Å²) in [5.41, 5.74) is -0.543. The standard InChI is InChI=1S/C13H21N3O2S3/c1-4-18-10(17)13(14-2)7-5-6-9(8-13)20-12-16-15-11(19-3)21-12/h9,14H,4-8H2,1-3H3. The summed E-state index contributed by atoms with van der Waals surface area (Å²) < 4.78 is 7.23. The van der Waals surface area contributed by atoms with Crippen molar-refractivity contribution in [1.82, 2.24) is 15.5 Å². The van der Waals surface area contributed by atoms with Crippen LogP contribution in [0.5, 0.6) is 0 Å². The molecule has 2 unspecified atom stereocenters. The fourth-order valence-electron chi connectivity index (χ4n) is 2.58. The van der Waals surface area contributed by atoms with Crippen LogP contribution in [-0.2, 0) is 9.53 Å². The van der Waals surface area contributed by atoms with E-state index in [1.807, 2.05) is 20.2 Å². The minimum Gasteiger partial charge on any atom is -0.465 e. The molecule has 0 saturated heterocycles. The molecule has 1 saturated carbocycles. The van der Waals surface area contributed by atoms with Crippen LogP contribution < -0.4 is 5.32 Å². The molecule has 2 rings (SSSR count). The van der Waals surface area contributed by atoms with Gasteiger partial charge in [0.25, 0.3) is 0 Å². The molecular weight excluding hydrogens is 326 g/mol. The Kier molecular flexibility index (Phi) is 6.34. The first-order valence-electron chi connectivity index (χ1n) is 7.04. The zero-order valence-electron chi connectivity index (χ0n) is 12.5. The van der Waals surface area contributed by atoms with Gasteiger partial charge in [-0.15, -0.1) is 10.2 Å². The molecule has 0 spiro atoms. The minimum atomic E-state index is -0.543. The maximum atomic E-state index is 12.3. The highest BCUT2D eigenvalue weighted by Crippen LogP contribution is 2.40. The van der Waals surface area contributed by atoms with E-state index in [1.165, 1.54) is 0 Å². The van der Waals surface area contributed by atoms with Gasteiger partial charge in [-0.25, -0.2) is 0 Å². The Balaban J connectivity index is 2.03. The van der Waals surface area contributed by atoms with E-state index in [9.17, 15) is 4.79 Å². The summed E-state index contributed by atoms with van der Waals surface area (Å²) >= 11 is 4.97. The summed E-state index contributed by atoms with van der Waals surface area (Å²) in [5, 5.41) is 11.9. The van der Waals surface area contributed by atoms with E-state index in [0.717, 1.165) is 34.4 Å². The molecule has 5 nitrogen and oxygen atoms in total. The first kappa shape index (κ1) is 17.1. The Morgan fingerprint density at radius 1 is 1.52 bits per heavy atom. The van der Waals surface area contributed by atoms with E-state index in [2.05, 4.69) is 15.5 Å². The van der Waals surface area contributed by atoms with Crippen molar-refractivity contribution in [2.24, 2.45) is 0 Å². The van der Waals surface area contributed by atoms with E-state index in [4.69, 9.17) is 4.74 Å². The molecule has 8 heteroatoms. The number of carbonyl (C=O) groups excluding carboxylic acids is 1. The van der Waals surface area contributed by atoms with Crippen LogP contribution in [0.4, 0.5) is 0 Å². The summed E-state index contributed by atoms with van der Waals surface area (Å²) in [6.07, 6.45) is 5.74. The van der Waals surface area contributed by atoms with Gasteiger partial charge in [0, 0.05) is 5.25 Å². The van der Waals surface area contributed by atoms with E-state index in [0.29, 0.717) is 11.9 Å². The summed E-state index contributed by atoms with van der Waals surface area (Å²) in [7, 11) is 1.85. The topological polar surface area (TPSA) is 64.1 Å². The molecule has 0 bridgehead atoms. The molecule has 1 fully saturated rings. The van der Waals surface area contributed by atoms with Crippen LogP contribution in [0.2, 0.25) is 0 Å². The van der Waals surface area contributed by atoms with Gasteiger partial charge < -0.3 is 10.1 Å². The van der Waals surface area contributed by atoms with Gasteiger partial charge in [0.2, 0.25) is 0 Å². The van der Waals surface area contributed by atoms with Gasteiger partial charge in [0.15, 0.2) is 8.68 Å². The van der Waals surface area contributed by atoms with Crippen molar-refractivity contribution in [1.29, 1.82) is 0 Å². The lowest BCUT2D eigenvalue weighted by Crippen LogP contribution is -2.54. The zero-order valence-corrected chi connectivity index (χ0v) is 15.0. The van der Waals surface area contributed by atoms with Crippen LogP contribution in [0.25, 0.3) is 0 Å². The monoisotopic (exact) mass is 347 g/mol. The summed E-state index contributed by atoms with van der Waals surface area (Å²) in [5.74, 6) is -0.125. The van der Waals surface area contributed by atoms with Crippen molar-refractivity contribution in [2.75, 3.05) is 19.9 Å². The Morgan fingerprint density at radius 3 is 2.90 bits per heavy atom. The van der Waals surface area contributed by atoms with Gasteiger partial charge >= 0.3 is 5.97 Å². The summed E-state index contributed by atoms with van der Waals surface area (Å²) in [6.45, 7) is 2.27. The molecule has 1 heterocycles. The molecule has 2 atom stereocenters. The number of esters is 1. The number of ether oxygens (including phenoxy) is 1. The van der Waals surface area contributed by atoms with Crippen LogP contribution in [-0.4, -0.2) is 46.9 Å². The van der Waals surface area contributed by atoms with Crippen LogP contribution in [0, 0.1) is 0 Å². The summed E-state index contributed by atoms with van der Waals surface area (Å²) in [6, 6.07) is 0. The van der Waals surface area contributed by atoms with Crippen molar-refractivity contribution in [2.45, 2.75) is 52.1 Å². The van der Waals surface area contributed by atoms with E-state index in [-0.39, 0.29) is 5.97 Å². The van der Waals surface area contributed by atoms with Crippen molar-refractivity contribution in [3.05, 3.63) is 0 Å². The van der Waals surface area contributed by atoms with Crippen molar-refractivity contribution >= 4 is 40.8 Å². The normalized spacial score (nSPS) is 25.8. The first-order chi connectivity index (χ1) is 10.1. The third-order valence-electron chi connectivity index (χ3n) is 3.68. The second-order valence-electron chi connectivity index (χ2n) is 4.93. The quantitative estimate of drug-likeness (QED) is 0.627. The number of aromatic nitrogens is 2. The van der Waals surface area contributed by atoms with Crippen LogP contribution >= 0.6 is 34.9 Å². The molecule has 1 aromatic rings. The largest absolute Gasteiger partial charge is 0.465 e. The molecule has 0 radical (unpaired) electrons. The lowest BCUT2D eigenvalue weighted by atomic mass is 9.81. The molecule has 0 amide bonds. The molecule has 0 aliphatic heterocycles. The second kappa shape index (κ2) is 7.80. The highest BCUT2D eigenvalue weighted by molar-refractivity contribution is 8.03.